The third kappa shape index (κ3) is 5.36. The Bertz CT molecular complexity index is 1240. The minimum atomic E-state index is -0.541. The van der Waals surface area contributed by atoms with Crippen LogP contribution >= 0.6 is 0 Å². The number of aromatic nitrogens is 1. The summed E-state index contributed by atoms with van der Waals surface area (Å²) in [4.78, 5) is 41.1. The molecule has 3 aromatic rings. The number of carbonyl (C=O) groups excluding carboxylic acids is 2. The van der Waals surface area contributed by atoms with Crippen molar-refractivity contribution in [1.82, 2.24) is 14.8 Å². The van der Waals surface area contributed by atoms with Crippen molar-refractivity contribution in [2.45, 2.75) is 32.9 Å². The van der Waals surface area contributed by atoms with E-state index < -0.39 is 11.3 Å². The summed E-state index contributed by atoms with van der Waals surface area (Å²) in [5.41, 5.74) is 2.42. The molecule has 1 aliphatic heterocycles. The number of likely N-dealkylation sites (tertiary alicyclic amines) is 1. The number of ether oxygens (including phenoxy) is 1. The molecular formula is C27H29N3O4. The van der Waals surface area contributed by atoms with Crippen LogP contribution in [0.25, 0.3) is 0 Å². The molecule has 4 rings (SSSR count). The van der Waals surface area contributed by atoms with Crippen LogP contribution in [0.15, 0.2) is 65.7 Å². The molecule has 7 nitrogen and oxygen atoms in total. The molecule has 0 aliphatic carbocycles. The summed E-state index contributed by atoms with van der Waals surface area (Å²) in [6, 6.07) is 15.4. The molecule has 0 spiro atoms. The van der Waals surface area contributed by atoms with Gasteiger partial charge in [-0.3, -0.25) is 14.4 Å². The molecule has 1 fully saturated rings. The Balaban J connectivity index is 1.65. The van der Waals surface area contributed by atoms with Crippen LogP contribution in [-0.2, 0) is 13.1 Å². The molecule has 0 radical (unpaired) electrons. The molecule has 1 saturated heterocycles. The van der Waals surface area contributed by atoms with Crippen molar-refractivity contribution in [2.75, 3.05) is 20.2 Å². The second-order valence-corrected chi connectivity index (χ2v) is 8.61. The number of methoxy groups -OCH3 is 1. The number of nitrogens with one attached hydrogen (secondary N) is 1. The monoisotopic (exact) mass is 459 g/mol. The van der Waals surface area contributed by atoms with Gasteiger partial charge in [-0.25, -0.2) is 0 Å². The summed E-state index contributed by atoms with van der Waals surface area (Å²) in [7, 11) is 1.60. The fraction of sp³-hybridized carbons (Fsp3) is 0.296. The number of rotatable bonds is 7. The molecule has 0 bridgehead atoms. The van der Waals surface area contributed by atoms with Gasteiger partial charge in [0, 0.05) is 38.6 Å². The first-order valence-electron chi connectivity index (χ1n) is 11.4. The van der Waals surface area contributed by atoms with Crippen LogP contribution in [0.2, 0.25) is 0 Å². The molecule has 0 unspecified atom stereocenters. The maximum absolute atomic E-state index is 13.2. The van der Waals surface area contributed by atoms with Gasteiger partial charge in [-0.15, -0.1) is 0 Å². The smallest absolute Gasteiger partial charge is 0.259 e. The van der Waals surface area contributed by atoms with E-state index >= 15 is 0 Å². The lowest BCUT2D eigenvalue weighted by molar-refractivity contribution is 0.0790. The lowest BCUT2D eigenvalue weighted by atomic mass is 10.1. The highest BCUT2D eigenvalue weighted by atomic mass is 16.5. The molecule has 2 aromatic carbocycles. The van der Waals surface area contributed by atoms with Gasteiger partial charge in [-0.2, -0.15) is 0 Å². The summed E-state index contributed by atoms with van der Waals surface area (Å²) in [6.07, 6.45) is 4.91. The quantitative estimate of drug-likeness (QED) is 0.587. The molecule has 1 aromatic heterocycles. The van der Waals surface area contributed by atoms with Crippen molar-refractivity contribution in [2.24, 2.45) is 0 Å². The molecular weight excluding hydrogens is 430 g/mol. The van der Waals surface area contributed by atoms with Crippen LogP contribution in [0.4, 0.5) is 0 Å². The van der Waals surface area contributed by atoms with E-state index in [0.717, 1.165) is 29.5 Å². The zero-order chi connectivity index (χ0) is 24.1. The van der Waals surface area contributed by atoms with Gasteiger partial charge >= 0.3 is 0 Å². The molecule has 1 N–H and O–H groups in total. The van der Waals surface area contributed by atoms with Gasteiger partial charge in [0.2, 0.25) is 5.43 Å². The highest BCUT2D eigenvalue weighted by Crippen LogP contribution is 2.16. The predicted octanol–water partition coefficient (Wildman–Crippen LogP) is 3.38. The summed E-state index contributed by atoms with van der Waals surface area (Å²) in [5, 5.41) is 2.82. The zero-order valence-corrected chi connectivity index (χ0v) is 19.5. The maximum Gasteiger partial charge on any atom is 0.259 e. The van der Waals surface area contributed by atoms with Gasteiger partial charge in [-0.05, 0) is 43.0 Å². The Hall–Kier alpha value is -3.87. The first kappa shape index (κ1) is 23.3. The third-order valence-electron chi connectivity index (χ3n) is 6.02. The standard InChI is InChI=1S/C27H29N3O4/c1-19-8-10-20(11-9-19)15-28-26(32)23-17-29(16-21-6-5-7-22(14-21)34-2)18-24(25(23)31)27(33)30-12-3-4-13-30/h5-11,14,17-18H,3-4,12-13,15-16H2,1-2H3,(H,28,32). The summed E-state index contributed by atoms with van der Waals surface area (Å²) in [5.74, 6) is -0.112. The Labute approximate surface area is 199 Å². The van der Waals surface area contributed by atoms with Crippen LogP contribution in [0.5, 0.6) is 5.75 Å². The van der Waals surface area contributed by atoms with Gasteiger partial charge in [0.25, 0.3) is 11.8 Å². The Kier molecular flexibility index (Phi) is 7.11. The Morgan fingerprint density at radius 3 is 2.38 bits per heavy atom. The van der Waals surface area contributed by atoms with Crippen molar-refractivity contribution >= 4 is 11.8 Å². The van der Waals surface area contributed by atoms with Crippen molar-refractivity contribution in [3.05, 3.63) is 99.0 Å². The van der Waals surface area contributed by atoms with E-state index in [-0.39, 0.29) is 17.0 Å². The molecule has 2 amide bonds. The number of hydrogen-bond donors (Lipinski definition) is 1. The van der Waals surface area contributed by atoms with E-state index in [1.165, 1.54) is 6.20 Å². The number of nitrogens with zero attached hydrogens (tertiary/aromatic N) is 2. The normalized spacial score (nSPS) is 13.1. The van der Waals surface area contributed by atoms with Crippen molar-refractivity contribution in [3.8, 4) is 5.75 Å². The van der Waals surface area contributed by atoms with E-state index in [1.807, 2.05) is 55.5 Å². The Morgan fingerprint density at radius 2 is 1.68 bits per heavy atom. The number of hydrogen-bond acceptors (Lipinski definition) is 4. The molecule has 34 heavy (non-hydrogen) atoms. The predicted molar refractivity (Wildman–Crippen MR) is 130 cm³/mol. The fourth-order valence-electron chi connectivity index (χ4n) is 4.09. The second kappa shape index (κ2) is 10.4. The average molecular weight is 460 g/mol. The number of benzene rings is 2. The van der Waals surface area contributed by atoms with Gasteiger partial charge in [-0.1, -0.05) is 42.0 Å². The summed E-state index contributed by atoms with van der Waals surface area (Å²) >= 11 is 0. The highest BCUT2D eigenvalue weighted by Gasteiger charge is 2.25. The highest BCUT2D eigenvalue weighted by molar-refractivity contribution is 5.99. The SMILES string of the molecule is COc1cccc(Cn2cc(C(=O)NCc3ccc(C)cc3)c(=O)c(C(=O)N3CCCC3)c2)c1. The second-order valence-electron chi connectivity index (χ2n) is 8.61. The van der Waals surface area contributed by atoms with Gasteiger partial charge in [0.1, 0.15) is 16.9 Å². The average Bonchev–Trinajstić information content (AvgIpc) is 3.39. The number of carbonyl (C=O) groups is 2. The van der Waals surface area contributed by atoms with Crippen molar-refractivity contribution in [1.29, 1.82) is 0 Å². The minimum Gasteiger partial charge on any atom is -0.497 e. The van der Waals surface area contributed by atoms with Crippen LogP contribution < -0.4 is 15.5 Å². The van der Waals surface area contributed by atoms with Crippen molar-refractivity contribution < 1.29 is 14.3 Å². The van der Waals surface area contributed by atoms with Gasteiger partial charge in [0.15, 0.2) is 0 Å². The topological polar surface area (TPSA) is 80.6 Å². The van der Waals surface area contributed by atoms with Crippen LogP contribution in [0.1, 0.15) is 50.2 Å². The number of pyridine rings is 1. The van der Waals surface area contributed by atoms with E-state index in [0.29, 0.717) is 31.9 Å². The van der Waals surface area contributed by atoms with Crippen LogP contribution in [0, 0.1) is 6.92 Å². The molecule has 7 heteroatoms. The Morgan fingerprint density at radius 1 is 0.971 bits per heavy atom. The van der Waals surface area contributed by atoms with Gasteiger partial charge in [0.05, 0.1) is 7.11 Å². The summed E-state index contributed by atoms with van der Waals surface area (Å²) < 4.78 is 7.02. The zero-order valence-electron chi connectivity index (χ0n) is 19.5. The lowest BCUT2D eigenvalue weighted by Gasteiger charge is -2.17. The maximum atomic E-state index is 13.2. The van der Waals surface area contributed by atoms with Gasteiger partial charge < -0.3 is 19.5 Å². The molecule has 0 saturated carbocycles. The summed E-state index contributed by atoms with van der Waals surface area (Å²) in [6.45, 7) is 3.92. The lowest BCUT2D eigenvalue weighted by Crippen LogP contribution is -2.36. The molecule has 0 atom stereocenters. The molecule has 2 heterocycles. The first-order valence-corrected chi connectivity index (χ1v) is 11.4. The van der Waals surface area contributed by atoms with Crippen LogP contribution in [-0.4, -0.2) is 41.5 Å². The van der Waals surface area contributed by atoms with Crippen LogP contribution in [0.3, 0.4) is 0 Å². The molecule has 176 valence electrons. The first-order chi connectivity index (χ1) is 16.4. The largest absolute Gasteiger partial charge is 0.497 e. The van der Waals surface area contributed by atoms with E-state index in [4.69, 9.17) is 4.74 Å². The van der Waals surface area contributed by atoms with E-state index in [2.05, 4.69) is 5.32 Å². The number of amides is 2. The fourth-order valence-corrected chi connectivity index (χ4v) is 4.09. The minimum absolute atomic E-state index is 0.0211. The van der Waals surface area contributed by atoms with E-state index in [1.54, 1.807) is 22.8 Å². The number of aryl methyl sites for hydroxylation is 1. The third-order valence-corrected chi connectivity index (χ3v) is 6.02. The molecule has 1 aliphatic rings. The van der Waals surface area contributed by atoms with Crippen molar-refractivity contribution in [3.63, 3.8) is 0 Å². The van der Waals surface area contributed by atoms with E-state index in [9.17, 15) is 14.4 Å².